The highest BCUT2D eigenvalue weighted by Crippen LogP contribution is 2.41. The van der Waals surface area contributed by atoms with E-state index in [1.165, 1.54) is 29.7 Å². The monoisotopic (exact) mass is 484 g/mol. The molecule has 33 heavy (non-hydrogen) atoms. The van der Waals surface area contributed by atoms with Crippen molar-refractivity contribution in [2.24, 2.45) is 17.3 Å². The first-order valence-corrected chi connectivity index (χ1v) is 11.7. The van der Waals surface area contributed by atoms with Crippen LogP contribution in [0.5, 0.6) is 0 Å². The van der Waals surface area contributed by atoms with Crippen molar-refractivity contribution >= 4 is 11.6 Å². The van der Waals surface area contributed by atoms with Crippen LogP contribution in [0.4, 0.5) is 0 Å². The van der Waals surface area contributed by atoms with Crippen LogP contribution in [0.2, 0.25) is 0 Å². The molecule has 0 aromatic heterocycles. The van der Waals surface area contributed by atoms with Gasteiger partial charge in [-0.2, -0.15) is 0 Å². The fraction of sp³-hybridized carbons (Fsp3) is 0.630. The third-order valence-electron chi connectivity index (χ3n) is 6.70. The summed E-state index contributed by atoms with van der Waals surface area (Å²) in [5.41, 5.74) is 4.50. The van der Waals surface area contributed by atoms with E-state index >= 15 is 0 Å². The van der Waals surface area contributed by atoms with Gasteiger partial charge in [-0.1, -0.05) is 83.2 Å². The molecule has 3 rings (SSSR count). The molecule has 6 heteroatoms. The Morgan fingerprint density at radius 2 is 1.88 bits per heavy atom. The number of allylic oxidation sites excluding steroid dienone is 4. The van der Waals surface area contributed by atoms with Crippen molar-refractivity contribution in [3.05, 3.63) is 59.2 Å². The lowest BCUT2D eigenvalue weighted by Gasteiger charge is -2.46. The smallest absolute Gasteiger partial charge is 0.0553 e. The van der Waals surface area contributed by atoms with Gasteiger partial charge in [0.1, 0.15) is 0 Å². The first-order chi connectivity index (χ1) is 13.7. The number of aryl methyl sites for hydroxylation is 1. The van der Waals surface area contributed by atoms with E-state index in [1.54, 1.807) is 0 Å². The van der Waals surface area contributed by atoms with Crippen molar-refractivity contribution in [3.8, 4) is 0 Å². The molecule has 1 unspecified atom stereocenters. The van der Waals surface area contributed by atoms with Gasteiger partial charge >= 0.3 is 0 Å². The van der Waals surface area contributed by atoms with E-state index in [0.29, 0.717) is 17.9 Å². The van der Waals surface area contributed by atoms with E-state index in [9.17, 15) is 0 Å². The van der Waals surface area contributed by atoms with Gasteiger partial charge in [0.15, 0.2) is 0 Å². The SMILES string of the molecule is C.Cc1cccc(CN[C@@H](CN2CC[C@H](C3=CCC(Cl)C=C3)C(C)(C)C2)C(C)C)c1.O.O.O. The topological polar surface area (TPSA) is 110 Å². The van der Waals surface area contributed by atoms with Gasteiger partial charge in [-0.3, -0.25) is 0 Å². The Hall–Kier alpha value is -1.21. The van der Waals surface area contributed by atoms with Gasteiger partial charge in [0.25, 0.3) is 0 Å². The molecule has 1 aliphatic heterocycles. The maximum absolute atomic E-state index is 6.24. The molecule has 1 aliphatic carbocycles. The van der Waals surface area contributed by atoms with Crippen LogP contribution in [0, 0.1) is 24.2 Å². The lowest BCUT2D eigenvalue weighted by molar-refractivity contribution is 0.0630. The first kappa shape index (κ1) is 34.0. The second kappa shape index (κ2) is 14.9. The minimum Gasteiger partial charge on any atom is -0.412 e. The minimum atomic E-state index is 0. The summed E-state index contributed by atoms with van der Waals surface area (Å²) in [7, 11) is 0. The molecular weight excluding hydrogens is 436 g/mol. The zero-order valence-electron chi connectivity index (χ0n) is 20.4. The van der Waals surface area contributed by atoms with E-state index in [1.807, 2.05) is 0 Å². The lowest BCUT2D eigenvalue weighted by atomic mass is 9.69. The number of rotatable bonds is 7. The molecule has 192 valence electrons. The number of benzene rings is 1. The van der Waals surface area contributed by atoms with Crippen molar-refractivity contribution < 1.29 is 16.4 Å². The summed E-state index contributed by atoms with van der Waals surface area (Å²) < 4.78 is 0. The summed E-state index contributed by atoms with van der Waals surface area (Å²) in [6.45, 7) is 16.1. The molecule has 0 saturated carbocycles. The molecule has 1 heterocycles. The Morgan fingerprint density at radius 3 is 2.42 bits per heavy atom. The van der Waals surface area contributed by atoms with Gasteiger partial charge in [0.2, 0.25) is 0 Å². The molecular formula is C27H49ClN2O3. The van der Waals surface area contributed by atoms with Crippen molar-refractivity contribution in [1.82, 2.24) is 10.2 Å². The summed E-state index contributed by atoms with van der Waals surface area (Å²) >= 11 is 6.24. The predicted molar refractivity (Wildman–Crippen MR) is 144 cm³/mol. The summed E-state index contributed by atoms with van der Waals surface area (Å²) in [6, 6.07) is 9.34. The van der Waals surface area contributed by atoms with Gasteiger partial charge in [0.05, 0.1) is 5.38 Å². The highest BCUT2D eigenvalue weighted by molar-refractivity contribution is 6.22. The fourth-order valence-electron chi connectivity index (χ4n) is 4.97. The second-order valence-electron chi connectivity index (χ2n) is 10.1. The number of halogens is 1. The van der Waals surface area contributed by atoms with Crippen LogP contribution >= 0.6 is 11.6 Å². The molecule has 2 aliphatic rings. The highest BCUT2D eigenvalue weighted by atomic mass is 35.5. The Morgan fingerprint density at radius 1 is 1.18 bits per heavy atom. The van der Waals surface area contributed by atoms with Gasteiger partial charge in [-0.25, -0.2) is 0 Å². The molecule has 3 atom stereocenters. The van der Waals surface area contributed by atoms with E-state index < -0.39 is 0 Å². The quantitative estimate of drug-likeness (QED) is 0.587. The Bertz CT molecular complexity index is 749. The van der Waals surface area contributed by atoms with Crippen LogP contribution in [0.15, 0.2) is 48.1 Å². The molecule has 1 aromatic rings. The van der Waals surface area contributed by atoms with E-state index in [2.05, 4.69) is 87.3 Å². The fourth-order valence-corrected chi connectivity index (χ4v) is 5.13. The maximum atomic E-state index is 6.24. The molecule has 1 saturated heterocycles. The third kappa shape index (κ3) is 9.51. The van der Waals surface area contributed by atoms with Crippen molar-refractivity contribution in [2.75, 3.05) is 19.6 Å². The Labute approximate surface area is 207 Å². The van der Waals surface area contributed by atoms with Gasteiger partial charge in [0, 0.05) is 25.7 Å². The van der Waals surface area contributed by atoms with E-state index in [4.69, 9.17) is 11.6 Å². The molecule has 0 bridgehead atoms. The Kier molecular flexibility index (Phi) is 15.4. The van der Waals surface area contributed by atoms with Crippen molar-refractivity contribution in [1.29, 1.82) is 0 Å². The third-order valence-corrected chi connectivity index (χ3v) is 7.02. The minimum absolute atomic E-state index is 0. The Balaban J connectivity index is 0. The number of nitrogens with zero attached hydrogens (tertiary/aromatic N) is 1. The molecule has 0 spiro atoms. The zero-order valence-corrected chi connectivity index (χ0v) is 21.2. The summed E-state index contributed by atoms with van der Waals surface area (Å²) in [5, 5.41) is 4.01. The summed E-state index contributed by atoms with van der Waals surface area (Å²) in [4.78, 5) is 2.68. The number of alkyl halides is 1. The van der Waals surface area contributed by atoms with Gasteiger partial charge in [-0.05, 0) is 54.7 Å². The van der Waals surface area contributed by atoms with E-state index in [-0.39, 0.29) is 34.6 Å². The van der Waals surface area contributed by atoms with Crippen LogP contribution in [0.1, 0.15) is 59.1 Å². The predicted octanol–water partition coefficient (Wildman–Crippen LogP) is 4.11. The van der Waals surface area contributed by atoms with Gasteiger partial charge < -0.3 is 26.6 Å². The van der Waals surface area contributed by atoms with E-state index in [0.717, 1.165) is 26.1 Å². The number of hydrogen-bond acceptors (Lipinski definition) is 2. The normalized spacial score (nSPS) is 22.7. The molecule has 5 nitrogen and oxygen atoms in total. The number of piperidine rings is 1. The van der Waals surface area contributed by atoms with Crippen molar-refractivity contribution in [2.45, 2.75) is 72.9 Å². The molecule has 0 amide bonds. The molecule has 1 fully saturated rings. The van der Waals surface area contributed by atoms with Crippen LogP contribution in [-0.2, 0) is 6.54 Å². The van der Waals surface area contributed by atoms with Crippen LogP contribution in [-0.4, -0.2) is 52.4 Å². The summed E-state index contributed by atoms with van der Waals surface area (Å²) in [6.07, 6.45) is 9.04. The standard InChI is InChI=1S/C26H39ClN2.CH4.3H2O/c1-19(2)25(28-16-21-8-6-7-20(3)15-21)17-29-14-13-24(26(4,5)18-29)22-9-11-23(27)12-10-22;;;;/h6-11,15,19,23-25,28H,12-14,16-18H2,1-5H3;1H4;3*1H2/t23?,24-,25+;;;;/m1..../s1. The van der Waals surface area contributed by atoms with Gasteiger partial charge in [-0.15, -0.1) is 11.6 Å². The molecule has 0 radical (unpaired) electrons. The average Bonchev–Trinajstić information content (AvgIpc) is 2.65. The maximum Gasteiger partial charge on any atom is 0.0553 e. The highest BCUT2D eigenvalue weighted by Gasteiger charge is 2.38. The second-order valence-corrected chi connectivity index (χ2v) is 10.7. The molecule has 1 aromatic carbocycles. The van der Waals surface area contributed by atoms with Crippen LogP contribution < -0.4 is 5.32 Å². The average molecular weight is 485 g/mol. The summed E-state index contributed by atoms with van der Waals surface area (Å²) in [5.74, 6) is 1.25. The van der Waals surface area contributed by atoms with Crippen LogP contribution in [0.25, 0.3) is 0 Å². The lowest BCUT2D eigenvalue weighted by Crippen LogP contribution is -2.51. The van der Waals surface area contributed by atoms with Crippen LogP contribution in [0.3, 0.4) is 0 Å². The first-order valence-electron chi connectivity index (χ1n) is 11.3. The number of likely N-dealkylation sites (tertiary alicyclic amines) is 1. The number of hydrogen-bond donors (Lipinski definition) is 1. The molecule has 7 N–H and O–H groups in total. The van der Waals surface area contributed by atoms with Crippen molar-refractivity contribution in [3.63, 3.8) is 0 Å². The zero-order chi connectivity index (χ0) is 21.0. The largest absolute Gasteiger partial charge is 0.412 e. The number of nitrogens with one attached hydrogen (secondary N) is 1.